The number of rotatable bonds is 3. The molecule has 2 aliphatic heterocycles. The Morgan fingerprint density at radius 1 is 1.24 bits per heavy atom. The molecule has 2 aliphatic rings. The van der Waals surface area contributed by atoms with Gasteiger partial charge in [0.2, 0.25) is 17.7 Å². The highest BCUT2D eigenvalue weighted by atomic mass is 16.2. The maximum Gasteiger partial charge on any atom is 0.246 e. The lowest BCUT2D eigenvalue weighted by Gasteiger charge is -2.47. The van der Waals surface area contributed by atoms with Crippen molar-refractivity contribution in [1.29, 1.82) is 0 Å². The molecule has 0 bridgehead atoms. The van der Waals surface area contributed by atoms with Crippen LogP contribution in [0.3, 0.4) is 0 Å². The third-order valence-corrected chi connectivity index (χ3v) is 5.75. The number of likely N-dealkylation sites (tertiary alicyclic amines) is 1. The Kier molecular flexibility index (Phi) is 4.81. The average Bonchev–Trinajstić information content (AvgIpc) is 3.31. The molecule has 1 unspecified atom stereocenters. The molecule has 1 atom stereocenters. The van der Waals surface area contributed by atoms with Crippen LogP contribution in [0.2, 0.25) is 0 Å². The molecule has 2 saturated heterocycles. The lowest BCUT2D eigenvalue weighted by Crippen LogP contribution is -2.67. The molecule has 0 aromatic carbocycles. The average molecular weight is 396 g/mol. The van der Waals surface area contributed by atoms with Crippen molar-refractivity contribution in [3.8, 4) is 0 Å². The van der Waals surface area contributed by atoms with Gasteiger partial charge < -0.3 is 14.7 Å². The van der Waals surface area contributed by atoms with Crippen LogP contribution in [0, 0.1) is 0 Å². The third kappa shape index (κ3) is 3.59. The van der Waals surface area contributed by atoms with Crippen LogP contribution in [0.4, 0.5) is 5.69 Å². The number of hydrogen-bond acceptors (Lipinski definition) is 5. The topological polar surface area (TPSA) is 91.6 Å². The predicted octanol–water partition coefficient (Wildman–Crippen LogP) is 0.224. The second-order valence-corrected chi connectivity index (χ2v) is 7.74. The Hall–Kier alpha value is -3.23. The standard InChI is InChI=1S/C20H24N6O3/c1-15(27)26-12-19(29)25(17-10-22-23(2)11-17)14-20(26)6-8-24(13-20)18(28)9-16-5-3-4-7-21-16/h3-5,7,10-11H,6,8-9,12-14H2,1-2H3. The van der Waals surface area contributed by atoms with E-state index in [0.717, 1.165) is 5.69 Å². The summed E-state index contributed by atoms with van der Waals surface area (Å²) in [4.78, 5) is 47.2. The minimum absolute atomic E-state index is 0.00645. The van der Waals surface area contributed by atoms with Crippen molar-refractivity contribution in [1.82, 2.24) is 24.6 Å². The fraction of sp³-hybridized carbons (Fsp3) is 0.450. The number of amides is 3. The Morgan fingerprint density at radius 2 is 2.07 bits per heavy atom. The van der Waals surface area contributed by atoms with E-state index in [4.69, 9.17) is 0 Å². The highest BCUT2D eigenvalue weighted by molar-refractivity contribution is 5.98. The first-order valence-electron chi connectivity index (χ1n) is 9.63. The van der Waals surface area contributed by atoms with Crippen molar-refractivity contribution < 1.29 is 14.4 Å². The lowest BCUT2D eigenvalue weighted by atomic mass is 9.92. The van der Waals surface area contributed by atoms with Gasteiger partial charge in [0, 0.05) is 45.1 Å². The van der Waals surface area contributed by atoms with Gasteiger partial charge in [-0.3, -0.25) is 24.0 Å². The zero-order valence-electron chi connectivity index (χ0n) is 16.6. The molecule has 0 radical (unpaired) electrons. The minimum atomic E-state index is -0.588. The fourth-order valence-electron chi connectivity index (χ4n) is 4.27. The molecule has 9 heteroatoms. The van der Waals surface area contributed by atoms with Crippen molar-refractivity contribution in [3.05, 3.63) is 42.5 Å². The van der Waals surface area contributed by atoms with Crippen molar-refractivity contribution in [2.24, 2.45) is 7.05 Å². The Balaban J connectivity index is 1.55. The van der Waals surface area contributed by atoms with Gasteiger partial charge in [-0.2, -0.15) is 5.10 Å². The molecule has 0 saturated carbocycles. The van der Waals surface area contributed by atoms with Gasteiger partial charge in [-0.25, -0.2) is 0 Å². The van der Waals surface area contributed by atoms with Gasteiger partial charge in [0.25, 0.3) is 0 Å². The zero-order chi connectivity index (χ0) is 20.6. The van der Waals surface area contributed by atoms with Crippen LogP contribution < -0.4 is 4.90 Å². The maximum atomic E-state index is 12.8. The molecule has 3 amide bonds. The summed E-state index contributed by atoms with van der Waals surface area (Å²) in [6.07, 6.45) is 5.96. The zero-order valence-corrected chi connectivity index (χ0v) is 16.6. The number of nitrogens with zero attached hydrogens (tertiary/aromatic N) is 6. The van der Waals surface area contributed by atoms with Crippen LogP contribution in [0.5, 0.6) is 0 Å². The van der Waals surface area contributed by atoms with E-state index in [1.807, 2.05) is 18.2 Å². The second-order valence-electron chi connectivity index (χ2n) is 7.74. The molecular formula is C20H24N6O3. The Labute approximate surface area is 168 Å². The van der Waals surface area contributed by atoms with E-state index in [2.05, 4.69) is 10.1 Å². The van der Waals surface area contributed by atoms with E-state index < -0.39 is 5.54 Å². The number of aromatic nitrogens is 3. The highest BCUT2D eigenvalue weighted by Crippen LogP contribution is 2.34. The van der Waals surface area contributed by atoms with Crippen LogP contribution in [0.25, 0.3) is 0 Å². The summed E-state index contributed by atoms with van der Waals surface area (Å²) in [6, 6.07) is 5.50. The molecular weight excluding hydrogens is 372 g/mol. The summed E-state index contributed by atoms with van der Waals surface area (Å²) < 4.78 is 1.64. The van der Waals surface area contributed by atoms with Gasteiger partial charge in [-0.1, -0.05) is 6.07 Å². The van der Waals surface area contributed by atoms with Gasteiger partial charge in [-0.05, 0) is 18.6 Å². The van der Waals surface area contributed by atoms with Crippen molar-refractivity contribution in [3.63, 3.8) is 0 Å². The van der Waals surface area contributed by atoms with Crippen LogP contribution in [-0.4, -0.2) is 74.0 Å². The normalized spacial score (nSPS) is 21.9. The summed E-state index contributed by atoms with van der Waals surface area (Å²) in [5.74, 6) is -0.311. The number of aryl methyl sites for hydroxylation is 1. The number of carbonyl (C=O) groups is 3. The van der Waals surface area contributed by atoms with E-state index in [9.17, 15) is 14.4 Å². The number of piperazine rings is 1. The lowest BCUT2D eigenvalue weighted by molar-refractivity contribution is -0.143. The molecule has 2 aromatic heterocycles. The number of hydrogen-bond donors (Lipinski definition) is 0. The van der Waals surface area contributed by atoms with Gasteiger partial charge in [0.15, 0.2) is 0 Å². The molecule has 1 spiro atoms. The first-order chi connectivity index (χ1) is 13.9. The maximum absolute atomic E-state index is 12.8. The molecule has 2 aromatic rings. The molecule has 2 fully saturated rings. The number of carbonyl (C=O) groups excluding carboxylic acids is 3. The number of pyridine rings is 1. The van der Waals surface area contributed by atoms with E-state index in [1.54, 1.807) is 45.0 Å². The summed E-state index contributed by atoms with van der Waals surface area (Å²) in [6.45, 7) is 2.79. The van der Waals surface area contributed by atoms with E-state index in [0.29, 0.717) is 31.7 Å². The van der Waals surface area contributed by atoms with Crippen LogP contribution in [0.1, 0.15) is 19.0 Å². The highest BCUT2D eigenvalue weighted by Gasteiger charge is 2.51. The predicted molar refractivity (Wildman–Crippen MR) is 105 cm³/mol. The third-order valence-electron chi connectivity index (χ3n) is 5.75. The van der Waals surface area contributed by atoms with E-state index in [-0.39, 0.29) is 30.7 Å². The SMILES string of the molecule is CC(=O)N1CC(=O)N(c2cnn(C)c2)CC12CCN(C(=O)Cc1ccccn1)C2. The van der Waals surface area contributed by atoms with Gasteiger partial charge in [0.05, 0.1) is 30.4 Å². The summed E-state index contributed by atoms with van der Waals surface area (Å²) in [5.41, 5.74) is 0.839. The van der Waals surface area contributed by atoms with Crippen LogP contribution in [-0.2, 0) is 27.9 Å². The van der Waals surface area contributed by atoms with E-state index >= 15 is 0 Å². The van der Waals surface area contributed by atoms with Gasteiger partial charge >= 0.3 is 0 Å². The van der Waals surface area contributed by atoms with Gasteiger partial charge in [0.1, 0.15) is 6.54 Å². The quantitative estimate of drug-likeness (QED) is 0.740. The van der Waals surface area contributed by atoms with Crippen molar-refractivity contribution in [2.45, 2.75) is 25.3 Å². The van der Waals surface area contributed by atoms with Crippen molar-refractivity contribution in [2.75, 3.05) is 31.1 Å². The molecule has 152 valence electrons. The molecule has 0 N–H and O–H groups in total. The summed E-state index contributed by atoms with van der Waals surface area (Å²) in [5, 5.41) is 4.16. The number of anilines is 1. The molecule has 0 aliphatic carbocycles. The first-order valence-corrected chi connectivity index (χ1v) is 9.63. The van der Waals surface area contributed by atoms with E-state index in [1.165, 1.54) is 6.92 Å². The fourth-order valence-corrected chi connectivity index (χ4v) is 4.27. The van der Waals surface area contributed by atoms with Crippen LogP contribution >= 0.6 is 0 Å². The molecule has 4 heterocycles. The summed E-state index contributed by atoms with van der Waals surface area (Å²) >= 11 is 0. The summed E-state index contributed by atoms with van der Waals surface area (Å²) in [7, 11) is 1.79. The molecule has 4 rings (SSSR count). The molecule has 29 heavy (non-hydrogen) atoms. The second kappa shape index (κ2) is 7.31. The Morgan fingerprint density at radius 3 is 2.72 bits per heavy atom. The van der Waals surface area contributed by atoms with Crippen LogP contribution in [0.15, 0.2) is 36.8 Å². The van der Waals surface area contributed by atoms with Gasteiger partial charge in [-0.15, -0.1) is 0 Å². The minimum Gasteiger partial charge on any atom is -0.340 e. The van der Waals surface area contributed by atoms with Crippen molar-refractivity contribution >= 4 is 23.4 Å². The first kappa shape index (κ1) is 19.1. The monoisotopic (exact) mass is 396 g/mol. The smallest absolute Gasteiger partial charge is 0.246 e. The molecule has 9 nitrogen and oxygen atoms in total. The Bertz CT molecular complexity index is 943. The largest absolute Gasteiger partial charge is 0.340 e.